The van der Waals surface area contributed by atoms with E-state index in [0.717, 1.165) is 10.5 Å². The molecule has 0 heterocycles. The summed E-state index contributed by atoms with van der Waals surface area (Å²) in [6.07, 6.45) is 0. The number of rotatable bonds is 5. The Bertz CT molecular complexity index is 616. The highest BCUT2D eigenvalue weighted by molar-refractivity contribution is 8.00. The van der Waals surface area contributed by atoms with Gasteiger partial charge in [0.05, 0.1) is 5.25 Å². The average molecular weight is 340 g/mol. The molecule has 0 aromatic heterocycles. The summed E-state index contributed by atoms with van der Waals surface area (Å²) >= 11 is 13.2. The first-order valence-electron chi connectivity index (χ1n) is 6.49. The van der Waals surface area contributed by atoms with Gasteiger partial charge < -0.3 is 5.32 Å². The normalized spacial score (nSPS) is 12.0. The van der Waals surface area contributed by atoms with E-state index in [1.807, 2.05) is 55.5 Å². The highest BCUT2D eigenvalue weighted by Crippen LogP contribution is 2.25. The van der Waals surface area contributed by atoms with Gasteiger partial charge in [0.1, 0.15) is 0 Å². The Labute approximate surface area is 138 Å². The number of hydrogen-bond acceptors (Lipinski definition) is 2. The molecule has 0 saturated carbocycles. The number of carbonyl (C=O) groups excluding carboxylic acids is 1. The van der Waals surface area contributed by atoms with Crippen LogP contribution in [0.15, 0.2) is 53.4 Å². The van der Waals surface area contributed by atoms with Gasteiger partial charge in [0.25, 0.3) is 0 Å². The first-order valence-corrected chi connectivity index (χ1v) is 8.12. The molecule has 2 aromatic carbocycles. The molecule has 0 spiro atoms. The molecule has 110 valence electrons. The van der Waals surface area contributed by atoms with E-state index in [1.54, 1.807) is 0 Å². The van der Waals surface area contributed by atoms with Gasteiger partial charge in [-0.15, -0.1) is 11.8 Å². The van der Waals surface area contributed by atoms with E-state index in [-0.39, 0.29) is 11.2 Å². The van der Waals surface area contributed by atoms with Crippen LogP contribution in [0.1, 0.15) is 12.5 Å². The maximum Gasteiger partial charge on any atom is 0.233 e. The second-order valence-electron chi connectivity index (χ2n) is 4.56. The molecule has 0 aliphatic rings. The molecule has 0 aliphatic carbocycles. The summed E-state index contributed by atoms with van der Waals surface area (Å²) in [6.45, 7) is 2.37. The van der Waals surface area contributed by atoms with Gasteiger partial charge in [-0.1, -0.05) is 41.4 Å². The number of benzene rings is 2. The first kappa shape index (κ1) is 16.2. The molecular formula is C16H15Cl2NOS. The first-order chi connectivity index (χ1) is 10.0. The smallest absolute Gasteiger partial charge is 0.233 e. The van der Waals surface area contributed by atoms with Crippen molar-refractivity contribution in [2.45, 2.75) is 23.6 Å². The summed E-state index contributed by atoms with van der Waals surface area (Å²) in [5, 5.41) is 4.10. The summed E-state index contributed by atoms with van der Waals surface area (Å²) in [5.41, 5.74) is 1.02. The lowest BCUT2D eigenvalue weighted by Crippen LogP contribution is -2.30. The van der Waals surface area contributed by atoms with E-state index in [1.165, 1.54) is 11.8 Å². The van der Waals surface area contributed by atoms with Crippen molar-refractivity contribution in [3.8, 4) is 0 Å². The van der Waals surface area contributed by atoms with Crippen LogP contribution in [0.25, 0.3) is 0 Å². The number of nitrogens with one attached hydrogen (secondary N) is 1. The van der Waals surface area contributed by atoms with E-state index in [2.05, 4.69) is 5.32 Å². The molecule has 21 heavy (non-hydrogen) atoms. The molecule has 1 unspecified atom stereocenters. The fourth-order valence-corrected chi connectivity index (χ4v) is 3.06. The predicted molar refractivity (Wildman–Crippen MR) is 90.1 cm³/mol. The largest absolute Gasteiger partial charge is 0.351 e. The maximum atomic E-state index is 12.1. The minimum Gasteiger partial charge on any atom is -0.351 e. The average Bonchev–Trinajstić information content (AvgIpc) is 2.46. The van der Waals surface area contributed by atoms with Gasteiger partial charge in [0.2, 0.25) is 5.91 Å². The fraction of sp³-hybridized carbons (Fsp3) is 0.188. The zero-order valence-electron chi connectivity index (χ0n) is 11.5. The highest BCUT2D eigenvalue weighted by Gasteiger charge is 2.14. The molecule has 1 N–H and O–H groups in total. The molecule has 0 aliphatic heterocycles. The number of amides is 1. The second-order valence-corrected chi connectivity index (χ2v) is 6.85. The lowest BCUT2D eigenvalue weighted by Gasteiger charge is -2.12. The number of carbonyl (C=O) groups is 1. The van der Waals surface area contributed by atoms with Gasteiger partial charge in [-0.05, 0) is 42.8 Å². The second kappa shape index (κ2) is 7.74. The van der Waals surface area contributed by atoms with Gasteiger partial charge in [-0.25, -0.2) is 0 Å². The van der Waals surface area contributed by atoms with Gasteiger partial charge >= 0.3 is 0 Å². The summed E-state index contributed by atoms with van der Waals surface area (Å²) in [6, 6.07) is 14.9. The van der Waals surface area contributed by atoms with Crippen LogP contribution in [-0.4, -0.2) is 11.2 Å². The summed E-state index contributed by atoms with van der Waals surface area (Å²) < 4.78 is 0. The standard InChI is InChI=1S/C16H15Cl2NOS/c1-11(21-15-4-2-3-14(18)9-15)16(20)19-10-12-5-7-13(17)8-6-12/h2-9,11H,10H2,1H3,(H,19,20). The van der Waals surface area contributed by atoms with Crippen molar-refractivity contribution < 1.29 is 4.79 Å². The van der Waals surface area contributed by atoms with Crippen LogP contribution >= 0.6 is 35.0 Å². The van der Waals surface area contributed by atoms with Crippen LogP contribution in [0.5, 0.6) is 0 Å². The molecule has 0 bridgehead atoms. The van der Waals surface area contributed by atoms with Crippen LogP contribution in [0.2, 0.25) is 10.0 Å². The molecular weight excluding hydrogens is 325 g/mol. The van der Waals surface area contributed by atoms with E-state index in [4.69, 9.17) is 23.2 Å². The molecule has 1 amide bonds. The van der Waals surface area contributed by atoms with Crippen molar-refractivity contribution in [3.63, 3.8) is 0 Å². The van der Waals surface area contributed by atoms with E-state index >= 15 is 0 Å². The van der Waals surface area contributed by atoms with Crippen LogP contribution in [0.4, 0.5) is 0 Å². The van der Waals surface area contributed by atoms with Crippen LogP contribution in [0, 0.1) is 0 Å². The Hall–Kier alpha value is -1.16. The van der Waals surface area contributed by atoms with Crippen LogP contribution < -0.4 is 5.32 Å². The topological polar surface area (TPSA) is 29.1 Å². The van der Waals surface area contributed by atoms with Gasteiger partial charge in [0, 0.05) is 21.5 Å². The molecule has 0 saturated heterocycles. The van der Waals surface area contributed by atoms with Crippen LogP contribution in [-0.2, 0) is 11.3 Å². The molecule has 0 fully saturated rings. The zero-order valence-corrected chi connectivity index (χ0v) is 13.8. The molecule has 5 heteroatoms. The third kappa shape index (κ3) is 5.27. The van der Waals surface area contributed by atoms with Crippen molar-refractivity contribution in [2.75, 3.05) is 0 Å². The van der Waals surface area contributed by atoms with Crippen molar-refractivity contribution in [2.24, 2.45) is 0 Å². The SMILES string of the molecule is CC(Sc1cccc(Cl)c1)C(=O)NCc1ccc(Cl)cc1. The summed E-state index contributed by atoms with van der Waals surface area (Å²) in [5.74, 6) is -0.00470. The minimum absolute atomic E-state index is 0.00470. The molecule has 2 rings (SSSR count). The third-order valence-electron chi connectivity index (χ3n) is 2.86. The number of thioether (sulfide) groups is 1. The van der Waals surface area contributed by atoms with E-state index < -0.39 is 0 Å². The van der Waals surface area contributed by atoms with Gasteiger partial charge in [-0.2, -0.15) is 0 Å². The Balaban J connectivity index is 1.86. The quantitative estimate of drug-likeness (QED) is 0.793. The zero-order chi connectivity index (χ0) is 15.2. The molecule has 2 nitrogen and oxygen atoms in total. The lowest BCUT2D eigenvalue weighted by molar-refractivity contribution is -0.120. The lowest BCUT2D eigenvalue weighted by atomic mass is 10.2. The van der Waals surface area contributed by atoms with Gasteiger partial charge in [0.15, 0.2) is 0 Å². The van der Waals surface area contributed by atoms with E-state index in [0.29, 0.717) is 16.6 Å². The maximum absolute atomic E-state index is 12.1. The van der Waals surface area contributed by atoms with Gasteiger partial charge in [-0.3, -0.25) is 4.79 Å². The number of hydrogen-bond donors (Lipinski definition) is 1. The monoisotopic (exact) mass is 339 g/mol. The fourth-order valence-electron chi connectivity index (χ4n) is 1.73. The van der Waals surface area contributed by atoms with E-state index in [9.17, 15) is 4.79 Å². The molecule has 2 aromatic rings. The van der Waals surface area contributed by atoms with Crippen molar-refractivity contribution in [3.05, 3.63) is 64.1 Å². The summed E-state index contributed by atoms with van der Waals surface area (Å²) in [4.78, 5) is 13.1. The van der Waals surface area contributed by atoms with Crippen molar-refractivity contribution in [1.82, 2.24) is 5.32 Å². The number of halogens is 2. The van der Waals surface area contributed by atoms with Crippen molar-refractivity contribution >= 4 is 40.9 Å². The Morgan fingerprint density at radius 3 is 2.52 bits per heavy atom. The van der Waals surface area contributed by atoms with Crippen LogP contribution in [0.3, 0.4) is 0 Å². The minimum atomic E-state index is -0.184. The third-order valence-corrected chi connectivity index (χ3v) is 4.44. The van der Waals surface area contributed by atoms with Crippen molar-refractivity contribution in [1.29, 1.82) is 0 Å². The highest BCUT2D eigenvalue weighted by atomic mass is 35.5. The Morgan fingerprint density at radius 1 is 1.14 bits per heavy atom. The Morgan fingerprint density at radius 2 is 1.86 bits per heavy atom. The summed E-state index contributed by atoms with van der Waals surface area (Å²) in [7, 11) is 0. The molecule has 0 radical (unpaired) electrons. The predicted octanol–water partition coefficient (Wildman–Crippen LogP) is 4.79. The Kier molecular flexibility index (Phi) is 5.97. The molecule has 1 atom stereocenters.